The zero-order valence-corrected chi connectivity index (χ0v) is 15.9. The van der Waals surface area contributed by atoms with Crippen LogP contribution in [0.1, 0.15) is 40.5 Å². The summed E-state index contributed by atoms with van der Waals surface area (Å²) in [6.45, 7) is 16.3. The monoisotopic (exact) mass is 338 g/mol. The summed E-state index contributed by atoms with van der Waals surface area (Å²) in [6.07, 6.45) is 7.76. The van der Waals surface area contributed by atoms with Gasteiger partial charge in [-0.25, -0.2) is 0 Å². The maximum absolute atomic E-state index is 9.03. The first-order chi connectivity index (χ1) is 11.9. The molecule has 3 fully saturated rings. The number of piperidine rings is 1. The van der Waals surface area contributed by atoms with Crippen LogP contribution in [0.15, 0.2) is 37.2 Å². The Morgan fingerprint density at radius 2 is 1.76 bits per heavy atom. The second-order valence-corrected chi connectivity index (χ2v) is 7.52. The summed E-state index contributed by atoms with van der Waals surface area (Å²) in [5.74, 6) is 2.14. The van der Waals surface area contributed by atoms with E-state index in [0.29, 0.717) is 18.0 Å². The molecule has 1 aliphatic carbocycles. The molecule has 2 saturated heterocycles. The highest BCUT2D eigenvalue weighted by molar-refractivity contribution is 5.20. The number of likely N-dealkylation sites (tertiary alicyclic amines) is 2. The van der Waals surface area contributed by atoms with Gasteiger partial charge in [-0.2, -0.15) is 10.5 Å². The van der Waals surface area contributed by atoms with Gasteiger partial charge in [0.1, 0.15) is 12.1 Å². The van der Waals surface area contributed by atoms with Crippen LogP contribution in [0, 0.1) is 40.4 Å². The molecular weight excluding hydrogens is 308 g/mol. The molecule has 7 atom stereocenters. The van der Waals surface area contributed by atoms with Crippen molar-refractivity contribution in [2.75, 3.05) is 0 Å². The lowest BCUT2D eigenvalue weighted by Gasteiger charge is -2.28. The summed E-state index contributed by atoms with van der Waals surface area (Å²) in [7, 11) is 0. The second kappa shape index (κ2) is 7.79. The van der Waals surface area contributed by atoms with Gasteiger partial charge >= 0.3 is 0 Å². The van der Waals surface area contributed by atoms with Crippen molar-refractivity contribution in [3.63, 3.8) is 0 Å². The van der Waals surface area contributed by atoms with Gasteiger partial charge in [0.05, 0.1) is 12.1 Å². The van der Waals surface area contributed by atoms with Crippen molar-refractivity contribution in [3.05, 3.63) is 37.2 Å². The quantitative estimate of drug-likeness (QED) is 0.728. The fraction of sp³-hybridized carbons (Fsp3) is 0.619. The minimum absolute atomic E-state index is 0.00343. The lowest BCUT2D eigenvalue weighted by atomic mass is 10.0. The predicted octanol–water partition coefficient (Wildman–Crippen LogP) is 4.06. The van der Waals surface area contributed by atoms with Crippen LogP contribution in [0.25, 0.3) is 0 Å². The van der Waals surface area contributed by atoms with Crippen molar-refractivity contribution in [1.29, 1.82) is 10.5 Å². The number of allylic oxidation sites excluding steroid dienone is 2. The topological polar surface area (TPSA) is 54.1 Å². The summed E-state index contributed by atoms with van der Waals surface area (Å²) in [4.78, 5) is 4.25. The van der Waals surface area contributed by atoms with E-state index in [-0.39, 0.29) is 12.1 Å². The molecule has 25 heavy (non-hydrogen) atoms. The molecule has 2 heterocycles. The Bertz CT molecular complexity index is 623. The summed E-state index contributed by atoms with van der Waals surface area (Å²) >= 11 is 0. The van der Waals surface area contributed by atoms with Gasteiger partial charge in [0.15, 0.2) is 0 Å². The zero-order chi connectivity index (χ0) is 18.7. The first-order valence-corrected chi connectivity index (χ1v) is 9.20. The molecule has 4 nitrogen and oxygen atoms in total. The van der Waals surface area contributed by atoms with E-state index < -0.39 is 0 Å². The van der Waals surface area contributed by atoms with Crippen LogP contribution in [0.4, 0.5) is 0 Å². The smallest absolute Gasteiger partial charge is 0.117 e. The van der Waals surface area contributed by atoms with Gasteiger partial charge in [0, 0.05) is 17.8 Å². The Labute approximate surface area is 152 Å². The summed E-state index contributed by atoms with van der Waals surface area (Å²) in [5.41, 5.74) is 0.955. The lowest BCUT2D eigenvalue weighted by Crippen LogP contribution is -2.32. The van der Waals surface area contributed by atoms with Gasteiger partial charge in [-0.15, -0.1) is 0 Å². The Hall–Kier alpha value is -2.20. The maximum Gasteiger partial charge on any atom is 0.117 e. The molecule has 6 unspecified atom stereocenters. The molecule has 3 aliphatic rings. The Kier molecular flexibility index (Phi) is 5.96. The van der Waals surface area contributed by atoms with E-state index in [1.165, 1.54) is 0 Å². The number of nitrogens with zero attached hydrogens (tertiary/aromatic N) is 4. The molecule has 0 bridgehead atoms. The zero-order valence-electron chi connectivity index (χ0n) is 15.9. The van der Waals surface area contributed by atoms with Gasteiger partial charge in [-0.05, 0) is 56.7 Å². The fourth-order valence-corrected chi connectivity index (χ4v) is 4.40. The largest absolute Gasteiger partial charge is 0.359 e. The van der Waals surface area contributed by atoms with E-state index in [1.807, 2.05) is 25.3 Å². The second-order valence-electron chi connectivity index (χ2n) is 7.52. The predicted molar refractivity (Wildman–Crippen MR) is 101 cm³/mol. The summed E-state index contributed by atoms with van der Waals surface area (Å²) in [5, 5.41) is 17.8. The Morgan fingerprint density at radius 3 is 2.28 bits per heavy atom. The van der Waals surface area contributed by atoms with Crippen molar-refractivity contribution < 1.29 is 0 Å². The molecule has 0 amide bonds. The van der Waals surface area contributed by atoms with Crippen molar-refractivity contribution in [2.45, 2.75) is 64.7 Å². The molecule has 3 rings (SSSR count). The van der Waals surface area contributed by atoms with Crippen LogP contribution >= 0.6 is 0 Å². The molecule has 0 aromatic rings. The highest BCUT2D eigenvalue weighted by Gasteiger charge is 2.57. The molecule has 0 spiro atoms. The van der Waals surface area contributed by atoms with Gasteiger partial charge < -0.3 is 9.80 Å². The van der Waals surface area contributed by atoms with Crippen LogP contribution in [-0.2, 0) is 0 Å². The molecule has 2 aliphatic heterocycles. The molecular formula is C21H30N4. The SMILES string of the molecule is C=C(/C=C/C)N1C(C#N)CC(C)[C@@H]1C.C=CN1C(C#N)CC2C(C)C21. The minimum atomic E-state index is 0.00343. The third-order valence-corrected chi connectivity index (χ3v) is 6.10. The molecule has 4 heteroatoms. The van der Waals surface area contributed by atoms with E-state index >= 15 is 0 Å². The Balaban J connectivity index is 0.000000185. The third-order valence-electron chi connectivity index (χ3n) is 6.10. The number of hydrogen-bond donors (Lipinski definition) is 0. The number of fused-ring (bicyclic) bond motifs is 1. The average molecular weight is 338 g/mol. The molecule has 134 valence electrons. The van der Waals surface area contributed by atoms with Crippen LogP contribution in [0.2, 0.25) is 0 Å². The molecule has 1 saturated carbocycles. The fourth-order valence-electron chi connectivity index (χ4n) is 4.40. The van der Waals surface area contributed by atoms with E-state index in [0.717, 1.165) is 30.4 Å². The van der Waals surface area contributed by atoms with Gasteiger partial charge in [-0.3, -0.25) is 0 Å². The van der Waals surface area contributed by atoms with E-state index in [1.54, 1.807) is 0 Å². The average Bonchev–Trinajstić information content (AvgIpc) is 2.96. The van der Waals surface area contributed by atoms with Gasteiger partial charge in [-0.1, -0.05) is 33.1 Å². The normalized spacial score (nSPS) is 38.4. The number of rotatable bonds is 3. The van der Waals surface area contributed by atoms with Crippen molar-refractivity contribution >= 4 is 0 Å². The highest BCUT2D eigenvalue weighted by Crippen LogP contribution is 2.52. The first-order valence-electron chi connectivity index (χ1n) is 9.20. The van der Waals surface area contributed by atoms with Crippen LogP contribution < -0.4 is 0 Å². The highest BCUT2D eigenvalue weighted by atomic mass is 15.2. The maximum atomic E-state index is 9.03. The number of hydrogen-bond acceptors (Lipinski definition) is 4. The van der Waals surface area contributed by atoms with Crippen molar-refractivity contribution in [2.24, 2.45) is 17.8 Å². The van der Waals surface area contributed by atoms with Crippen LogP contribution in [-0.4, -0.2) is 34.0 Å². The summed E-state index contributed by atoms with van der Waals surface area (Å²) in [6, 6.07) is 5.82. The van der Waals surface area contributed by atoms with Crippen molar-refractivity contribution in [3.8, 4) is 12.1 Å². The number of nitriles is 2. The third kappa shape index (κ3) is 3.59. The van der Waals surface area contributed by atoms with E-state index in [9.17, 15) is 0 Å². The van der Waals surface area contributed by atoms with E-state index in [4.69, 9.17) is 10.5 Å². The van der Waals surface area contributed by atoms with Crippen LogP contribution in [0.3, 0.4) is 0 Å². The molecule has 0 aromatic heterocycles. The Morgan fingerprint density at radius 1 is 1.12 bits per heavy atom. The minimum Gasteiger partial charge on any atom is -0.359 e. The van der Waals surface area contributed by atoms with Crippen LogP contribution in [0.5, 0.6) is 0 Å². The van der Waals surface area contributed by atoms with Gasteiger partial charge in [0.2, 0.25) is 0 Å². The molecule has 0 N–H and O–H groups in total. The summed E-state index contributed by atoms with van der Waals surface area (Å²) < 4.78 is 0. The van der Waals surface area contributed by atoms with Gasteiger partial charge in [0.25, 0.3) is 0 Å². The lowest BCUT2D eigenvalue weighted by molar-refractivity contribution is 0.291. The van der Waals surface area contributed by atoms with Crippen molar-refractivity contribution in [1.82, 2.24) is 9.80 Å². The first kappa shape index (κ1) is 19.1. The molecule has 0 aromatic carbocycles. The van der Waals surface area contributed by atoms with E-state index in [2.05, 4.69) is 55.9 Å². The molecule has 0 radical (unpaired) electrons. The standard InChI is InChI=1S/C12H18N2.C9H12N2/c1-5-6-10(3)14-11(4)9(2)7-12(14)8-13;1-3-11-7(5-10)4-8-6(2)9(8)11/h5-6,9,11-12H,3,7H2,1-2,4H3;3,6-9H,1,4H2,2H3/b6-5+;/t9?,11-,12?;/m0./s1.